The smallest absolute Gasteiger partial charge is 0.387 e. The minimum atomic E-state index is -4.34. The molecule has 0 aliphatic carbocycles. The van der Waals surface area contributed by atoms with Crippen molar-refractivity contribution in [1.82, 2.24) is 5.32 Å². The Balaban J connectivity index is 4.30. The quantitative estimate of drug-likeness (QED) is 0.0190. The van der Waals surface area contributed by atoms with Crippen molar-refractivity contribution in [2.75, 3.05) is 40.9 Å². The summed E-state index contributed by atoms with van der Waals surface area (Å²) in [6.07, 6.45) is 42.4. The molecule has 52 heavy (non-hydrogen) atoms. The number of phosphoric acid groups is 1. The molecule has 0 spiro atoms. The summed E-state index contributed by atoms with van der Waals surface area (Å²) in [4.78, 5) is 23.0. The van der Waals surface area contributed by atoms with Crippen LogP contribution in [0.3, 0.4) is 0 Å². The van der Waals surface area contributed by atoms with Crippen LogP contribution < -0.4 is 5.32 Å². The molecule has 1 amide bonds. The summed E-state index contributed by atoms with van der Waals surface area (Å²) >= 11 is 0. The van der Waals surface area contributed by atoms with Gasteiger partial charge in [-0.25, -0.2) is 4.57 Å². The molecule has 3 atom stereocenters. The van der Waals surface area contributed by atoms with Gasteiger partial charge in [0.2, 0.25) is 5.91 Å². The number of amides is 1. The second-order valence-corrected chi connectivity index (χ2v) is 17.2. The Morgan fingerprint density at radius 3 is 1.58 bits per heavy atom. The standard InChI is InChI=1S/C43H83N2O6P/c1-6-8-10-12-14-16-17-18-19-20-21-22-23-24-25-26-27-29-31-33-35-37-43(47)44-41(40-51-52(48,49)50-39-38-45(3,4)5)42(46)36-34-32-30-28-15-13-11-9-7-2/h18-19,30,32,34,36,41-42,46H,6-17,20-29,31,33,35,37-40H2,1-5H3,(H-,44,47,48,49)/p+1/b19-18+,32-30+,36-34+/t41-,42+/m0/s1. The Hall–Kier alpha value is -1.28. The van der Waals surface area contributed by atoms with Gasteiger partial charge in [-0.15, -0.1) is 0 Å². The van der Waals surface area contributed by atoms with E-state index in [4.69, 9.17) is 9.05 Å². The molecule has 0 bridgehead atoms. The van der Waals surface area contributed by atoms with Crippen molar-refractivity contribution in [2.24, 2.45) is 0 Å². The van der Waals surface area contributed by atoms with Crippen molar-refractivity contribution < 1.29 is 32.9 Å². The number of unbranched alkanes of at least 4 members (excludes halogenated alkanes) is 22. The minimum absolute atomic E-state index is 0.0531. The van der Waals surface area contributed by atoms with Gasteiger partial charge in [0.1, 0.15) is 13.2 Å². The van der Waals surface area contributed by atoms with Gasteiger partial charge in [-0.2, -0.15) is 0 Å². The summed E-state index contributed by atoms with van der Waals surface area (Å²) in [5.41, 5.74) is 0. The van der Waals surface area contributed by atoms with Crippen LogP contribution in [-0.2, 0) is 18.4 Å². The van der Waals surface area contributed by atoms with Crippen molar-refractivity contribution in [2.45, 2.75) is 193 Å². The molecule has 0 aromatic carbocycles. The van der Waals surface area contributed by atoms with Gasteiger partial charge < -0.3 is 19.8 Å². The number of quaternary nitrogens is 1. The normalized spacial score (nSPS) is 14.8. The van der Waals surface area contributed by atoms with E-state index < -0.39 is 20.0 Å². The fraction of sp³-hybridized carbons (Fsp3) is 0.837. The Morgan fingerprint density at radius 1 is 0.654 bits per heavy atom. The summed E-state index contributed by atoms with van der Waals surface area (Å²) in [5, 5.41) is 13.7. The van der Waals surface area contributed by atoms with Crippen molar-refractivity contribution in [3.63, 3.8) is 0 Å². The zero-order valence-electron chi connectivity index (χ0n) is 34.5. The molecular formula is C43H84N2O6P+. The number of aliphatic hydroxyl groups excluding tert-OH is 1. The molecule has 0 radical (unpaired) electrons. The van der Waals surface area contributed by atoms with E-state index in [0.717, 1.165) is 32.1 Å². The van der Waals surface area contributed by atoms with E-state index in [-0.39, 0.29) is 19.1 Å². The van der Waals surface area contributed by atoms with Crippen molar-refractivity contribution >= 4 is 13.7 Å². The van der Waals surface area contributed by atoms with Crippen LogP contribution in [0.25, 0.3) is 0 Å². The maximum Gasteiger partial charge on any atom is 0.472 e. The van der Waals surface area contributed by atoms with Crippen LogP contribution in [0.5, 0.6) is 0 Å². The highest BCUT2D eigenvalue weighted by Gasteiger charge is 2.27. The average molecular weight is 756 g/mol. The summed E-state index contributed by atoms with van der Waals surface area (Å²) in [6, 6.07) is -0.875. The molecule has 0 aliphatic rings. The Kier molecular flexibility index (Phi) is 34.6. The van der Waals surface area contributed by atoms with E-state index >= 15 is 0 Å². The molecule has 9 heteroatoms. The second-order valence-electron chi connectivity index (χ2n) is 15.7. The molecule has 0 fully saturated rings. The summed E-state index contributed by atoms with van der Waals surface area (Å²) in [6.45, 7) is 4.72. The molecule has 0 heterocycles. The van der Waals surface area contributed by atoms with Gasteiger partial charge in [0.15, 0.2) is 0 Å². The minimum Gasteiger partial charge on any atom is -0.387 e. The fourth-order valence-electron chi connectivity index (χ4n) is 5.92. The van der Waals surface area contributed by atoms with Gasteiger partial charge in [0.25, 0.3) is 0 Å². The summed E-state index contributed by atoms with van der Waals surface area (Å²) in [7, 11) is 1.54. The van der Waals surface area contributed by atoms with Gasteiger partial charge in [0, 0.05) is 6.42 Å². The van der Waals surface area contributed by atoms with Gasteiger partial charge in [-0.05, 0) is 44.9 Å². The van der Waals surface area contributed by atoms with Crippen molar-refractivity contribution in [1.29, 1.82) is 0 Å². The molecule has 306 valence electrons. The van der Waals surface area contributed by atoms with E-state index in [0.29, 0.717) is 17.4 Å². The highest BCUT2D eigenvalue weighted by Crippen LogP contribution is 2.43. The third-order valence-corrected chi connectivity index (χ3v) is 10.4. The van der Waals surface area contributed by atoms with Gasteiger partial charge in [-0.1, -0.05) is 166 Å². The van der Waals surface area contributed by atoms with Crippen LogP contribution in [0.4, 0.5) is 0 Å². The number of likely N-dealkylation sites (N-methyl/N-ethyl adjacent to an activating group) is 1. The Morgan fingerprint density at radius 2 is 1.10 bits per heavy atom. The number of hydrogen-bond donors (Lipinski definition) is 3. The lowest BCUT2D eigenvalue weighted by molar-refractivity contribution is -0.870. The van der Waals surface area contributed by atoms with Gasteiger partial charge >= 0.3 is 7.82 Å². The molecule has 8 nitrogen and oxygen atoms in total. The summed E-state index contributed by atoms with van der Waals surface area (Å²) in [5.74, 6) is -0.198. The zero-order valence-corrected chi connectivity index (χ0v) is 35.4. The first-order chi connectivity index (χ1) is 25.0. The number of rotatable bonds is 38. The van der Waals surface area contributed by atoms with Crippen LogP contribution in [-0.4, -0.2) is 73.4 Å². The van der Waals surface area contributed by atoms with E-state index in [2.05, 4.69) is 37.4 Å². The fourth-order valence-corrected chi connectivity index (χ4v) is 6.65. The van der Waals surface area contributed by atoms with Gasteiger partial charge in [-0.3, -0.25) is 13.8 Å². The van der Waals surface area contributed by atoms with Crippen LogP contribution in [0.2, 0.25) is 0 Å². The molecule has 0 aromatic rings. The van der Waals surface area contributed by atoms with Crippen molar-refractivity contribution in [3.8, 4) is 0 Å². The Labute approximate surface area is 321 Å². The maximum absolute atomic E-state index is 12.8. The molecule has 0 saturated carbocycles. The topological polar surface area (TPSA) is 105 Å². The molecule has 0 rings (SSSR count). The van der Waals surface area contributed by atoms with Gasteiger partial charge in [0.05, 0.1) is 39.9 Å². The van der Waals surface area contributed by atoms with E-state index in [9.17, 15) is 19.4 Å². The monoisotopic (exact) mass is 756 g/mol. The SMILES string of the molecule is CCCCCCC/C=C/C=C/[C@@H](O)[C@H](COP(=O)(O)OCC[N+](C)(C)C)NC(=O)CCCCCCCCCCCCC/C=C/CCCCCCCC. The Bertz CT molecular complexity index is 948. The van der Waals surface area contributed by atoms with Crippen LogP contribution >= 0.6 is 7.82 Å². The first kappa shape index (κ1) is 50.7. The molecule has 3 N–H and O–H groups in total. The molecule has 0 aromatic heterocycles. The number of allylic oxidation sites excluding steroid dienone is 5. The number of carbonyl (C=O) groups excluding carboxylic acids is 1. The number of carbonyl (C=O) groups is 1. The summed E-state index contributed by atoms with van der Waals surface area (Å²) < 4.78 is 23.4. The lowest BCUT2D eigenvalue weighted by Gasteiger charge is -2.25. The third-order valence-electron chi connectivity index (χ3n) is 9.39. The van der Waals surface area contributed by atoms with Crippen LogP contribution in [0, 0.1) is 0 Å². The number of nitrogens with one attached hydrogen (secondary N) is 1. The van der Waals surface area contributed by atoms with Crippen LogP contribution in [0.15, 0.2) is 36.5 Å². The predicted molar refractivity (Wildman–Crippen MR) is 221 cm³/mol. The lowest BCUT2D eigenvalue weighted by atomic mass is 10.0. The molecule has 0 aliphatic heterocycles. The van der Waals surface area contributed by atoms with E-state index in [1.165, 1.54) is 128 Å². The number of aliphatic hydroxyl groups is 1. The molecular weight excluding hydrogens is 671 g/mol. The number of nitrogens with zero attached hydrogens (tertiary/aromatic N) is 1. The first-order valence-electron chi connectivity index (χ1n) is 21.4. The number of phosphoric ester groups is 1. The molecule has 1 unspecified atom stereocenters. The molecule has 0 saturated heterocycles. The highest BCUT2D eigenvalue weighted by atomic mass is 31.2. The number of hydrogen-bond acceptors (Lipinski definition) is 5. The van der Waals surface area contributed by atoms with E-state index in [1.54, 1.807) is 12.2 Å². The van der Waals surface area contributed by atoms with E-state index in [1.807, 2.05) is 27.2 Å². The van der Waals surface area contributed by atoms with Crippen LogP contribution in [0.1, 0.15) is 181 Å². The zero-order chi connectivity index (χ0) is 38.6. The maximum atomic E-state index is 12.8. The third kappa shape index (κ3) is 37.1. The lowest BCUT2D eigenvalue weighted by Crippen LogP contribution is -2.45. The highest BCUT2D eigenvalue weighted by molar-refractivity contribution is 7.47. The predicted octanol–water partition coefficient (Wildman–Crippen LogP) is 11.5. The second kappa shape index (κ2) is 35.4. The van der Waals surface area contributed by atoms with Crippen molar-refractivity contribution in [3.05, 3.63) is 36.5 Å². The largest absolute Gasteiger partial charge is 0.472 e. The first-order valence-corrected chi connectivity index (χ1v) is 22.9. The average Bonchev–Trinajstić information content (AvgIpc) is 3.09.